The molecule has 0 aromatic carbocycles. The summed E-state index contributed by atoms with van der Waals surface area (Å²) in [5, 5.41) is -0.185. The summed E-state index contributed by atoms with van der Waals surface area (Å²) in [6.45, 7) is 2.22. The molecule has 0 aliphatic carbocycles. The quantitative estimate of drug-likeness (QED) is 0.331. The summed E-state index contributed by atoms with van der Waals surface area (Å²) in [7, 11) is 0. The van der Waals surface area contributed by atoms with Crippen molar-refractivity contribution in [2.75, 3.05) is 11.5 Å². The van der Waals surface area contributed by atoms with Gasteiger partial charge in [-0.05, 0) is 35.9 Å². The van der Waals surface area contributed by atoms with Gasteiger partial charge in [-0.25, -0.2) is 0 Å². The van der Waals surface area contributed by atoms with E-state index in [-0.39, 0.29) is 5.24 Å². The Hall–Kier alpha value is 0.310. The highest BCUT2D eigenvalue weighted by molar-refractivity contribution is 7.99. The van der Waals surface area contributed by atoms with Gasteiger partial charge in [0.05, 0.1) is 0 Å². The van der Waals surface area contributed by atoms with Crippen molar-refractivity contribution in [3.8, 4) is 0 Å². The number of hydrogen-bond acceptors (Lipinski definition) is 2. The van der Waals surface area contributed by atoms with E-state index in [2.05, 4.69) is 6.92 Å². The zero-order valence-corrected chi connectivity index (χ0v) is 12.8. The molecule has 0 aliphatic rings. The number of halogens is 1. The van der Waals surface area contributed by atoms with E-state index in [0.717, 1.165) is 12.8 Å². The van der Waals surface area contributed by atoms with Crippen LogP contribution >= 0.6 is 23.4 Å². The van der Waals surface area contributed by atoms with Crippen LogP contribution in [0.5, 0.6) is 0 Å². The monoisotopic (exact) mass is 278 g/mol. The molecule has 0 saturated heterocycles. The molecular formula is C14H27ClOS. The highest BCUT2D eigenvalue weighted by atomic mass is 35.5. The van der Waals surface area contributed by atoms with Gasteiger partial charge in [0.1, 0.15) is 0 Å². The van der Waals surface area contributed by atoms with Gasteiger partial charge in [0.15, 0.2) is 0 Å². The lowest BCUT2D eigenvalue weighted by Gasteiger charge is -2.02. The fraction of sp³-hybridized carbons (Fsp3) is 0.929. The van der Waals surface area contributed by atoms with Crippen LogP contribution in [0.15, 0.2) is 0 Å². The van der Waals surface area contributed by atoms with Gasteiger partial charge in [-0.3, -0.25) is 4.79 Å². The van der Waals surface area contributed by atoms with E-state index in [1.165, 1.54) is 56.5 Å². The molecule has 1 nitrogen and oxygen atoms in total. The molecule has 3 heteroatoms. The summed E-state index contributed by atoms with van der Waals surface area (Å²) in [4.78, 5) is 10.5. The second kappa shape index (κ2) is 14.4. The van der Waals surface area contributed by atoms with Crippen molar-refractivity contribution >= 4 is 28.6 Å². The first-order chi connectivity index (χ1) is 8.27. The van der Waals surface area contributed by atoms with Crippen LogP contribution in [0.2, 0.25) is 0 Å². The molecule has 0 unspecified atom stereocenters. The van der Waals surface area contributed by atoms with E-state index in [1.54, 1.807) is 0 Å². The van der Waals surface area contributed by atoms with Gasteiger partial charge in [0, 0.05) is 6.42 Å². The SMILES string of the molecule is CCSCCCCCCCCCCCC(=O)Cl. The summed E-state index contributed by atoms with van der Waals surface area (Å²) in [5.74, 6) is 2.59. The summed E-state index contributed by atoms with van der Waals surface area (Å²) < 4.78 is 0. The standard InChI is InChI=1S/C14H27ClOS/c1-2-17-13-11-9-7-5-3-4-6-8-10-12-14(15)16/h2-13H2,1H3. The maximum atomic E-state index is 10.5. The van der Waals surface area contributed by atoms with E-state index < -0.39 is 0 Å². The fourth-order valence-corrected chi connectivity index (χ4v) is 2.68. The zero-order chi connectivity index (χ0) is 12.8. The van der Waals surface area contributed by atoms with Gasteiger partial charge in [-0.1, -0.05) is 51.9 Å². The molecule has 102 valence electrons. The Kier molecular flexibility index (Phi) is 14.6. The molecule has 0 atom stereocenters. The Morgan fingerprint density at radius 2 is 1.35 bits per heavy atom. The van der Waals surface area contributed by atoms with Crippen molar-refractivity contribution in [1.82, 2.24) is 0 Å². The van der Waals surface area contributed by atoms with E-state index in [0.29, 0.717) is 6.42 Å². The number of hydrogen-bond donors (Lipinski definition) is 0. The molecule has 0 aromatic rings. The molecule has 0 amide bonds. The minimum atomic E-state index is -0.185. The molecule has 0 aromatic heterocycles. The largest absolute Gasteiger partial charge is 0.281 e. The number of thioether (sulfide) groups is 1. The van der Waals surface area contributed by atoms with Crippen LogP contribution in [-0.2, 0) is 4.79 Å². The Labute approximate surface area is 116 Å². The van der Waals surface area contributed by atoms with Crippen LogP contribution in [0.25, 0.3) is 0 Å². The normalized spacial score (nSPS) is 10.7. The number of unbranched alkanes of at least 4 members (excludes halogenated alkanes) is 8. The lowest BCUT2D eigenvalue weighted by molar-refractivity contribution is -0.111. The van der Waals surface area contributed by atoms with E-state index in [9.17, 15) is 4.79 Å². The molecule has 0 N–H and O–H groups in total. The molecule has 17 heavy (non-hydrogen) atoms. The van der Waals surface area contributed by atoms with Crippen molar-refractivity contribution in [2.24, 2.45) is 0 Å². The van der Waals surface area contributed by atoms with Gasteiger partial charge in [-0.2, -0.15) is 11.8 Å². The molecule has 0 bridgehead atoms. The van der Waals surface area contributed by atoms with E-state index >= 15 is 0 Å². The van der Waals surface area contributed by atoms with Gasteiger partial charge < -0.3 is 0 Å². The smallest absolute Gasteiger partial charge is 0.221 e. The lowest BCUT2D eigenvalue weighted by Crippen LogP contribution is -1.87. The number of carbonyl (C=O) groups is 1. The first-order valence-electron chi connectivity index (χ1n) is 7.03. The molecule has 0 aliphatic heterocycles. The van der Waals surface area contributed by atoms with Crippen LogP contribution < -0.4 is 0 Å². The molecule has 0 saturated carbocycles. The Morgan fingerprint density at radius 1 is 0.882 bits per heavy atom. The van der Waals surface area contributed by atoms with Crippen molar-refractivity contribution in [3.05, 3.63) is 0 Å². The molecular weight excluding hydrogens is 252 g/mol. The van der Waals surface area contributed by atoms with Crippen LogP contribution in [0, 0.1) is 0 Å². The first-order valence-corrected chi connectivity index (χ1v) is 8.56. The van der Waals surface area contributed by atoms with Crippen molar-refractivity contribution < 1.29 is 4.79 Å². The molecule has 0 radical (unpaired) electrons. The van der Waals surface area contributed by atoms with Crippen LogP contribution in [-0.4, -0.2) is 16.7 Å². The number of carbonyl (C=O) groups excluding carboxylic acids is 1. The molecule has 0 fully saturated rings. The summed E-state index contributed by atoms with van der Waals surface area (Å²) in [6.07, 6.45) is 12.2. The first kappa shape index (κ1) is 17.3. The summed E-state index contributed by atoms with van der Waals surface area (Å²) in [6, 6.07) is 0. The van der Waals surface area contributed by atoms with E-state index in [1.807, 2.05) is 11.8 Å². The van der Waals surface area contributed by atoms with Gasteiger partial charge >= 0.3 is 0 Å². The van der Waals surface area contributed by atoms with Gasteiger partial charge in [0.2, 0.25) is 5.24 Å². The third-order valence-electron chi connectivity index (χ3n) is 2.87. The van der Waals surface area contributed by atoms with Crippen molar-refractivity contribution in [3.63, 3.8) is 0 Å². The Morgan fingerprint density at radius 3 is 1.82 bits per heavy atom. The molecule has 0 spiro atoms. The second-order valence-corrected chi connectivity index (χ2v) is 6.30. The van der Waals surface area contributed by atoms with Crippen LogP contribution in [0.3, 0.4) is 0 Å². The second-order valence-electron chi connectivity index (χ2n) is 4.48. The van der Waals surface area contributed by atoms with Crippen LogP contribution in [0.4, 0.5) is 0 Å². The lowest BCUT2D eigenvalue weighted by atomic mass is 10.1. The maximum Gasteiger partial charge on any atom is 0.221 e. The van der Waals surface area contributed by atoms with Crippen molar-refractivity contribution in [2.45, 2.75) is 71.1 Å². The maximum absolute atomic E-state index is 10.5. The minimum absolute atomic E-state index is 0.185. The predicted octanol–water partition coefficient (Wildman–Crippen LogP) is 5.41. The summed E-state index contributed by atoms with van der Waals surface area (Å²) >= 11 is 7.32. The highest BCUT2D eigenvalue weighted by Crippen LogP contribution is 2.12. The van der Waals surface area contributed by atoms with E-state index in [4.69, 9.17) is 11.6 Å². The zero-order valence-electron chi connectivity index (χ0n) is 11.2. The predicted molar refractivity (Wildman–Crippen MR) is 80.0 cm³/mol. The van der Waals surface area contributed by atoms with Gasteiger partial charge in [-0.15, -0.1) is 0 Å². The fourth-order valence-electron chi connectivity index (χ4n) is 1.85. The topological polar surface area (TPSA) is 17.1 Å². The van der Waals surface area contributed by atoms with Crippen molar-refractivity contribution in [1.29, 1.82) is 0 Å². The Balaban J connectivity index is 2.91. The Bertz CT molecular complexity index is 174. The van der Waals surface area contributed by atoms with Gasteiger partial charge in [0.25, 0.3) is 0 Å². The average Bonchev–Trinajstić information content (AvgIpc) is 2.30. The average molecular weight is 279 g/mol. The third kappa shape index (κ3) is 16.3. The minimum Gasteiger partial charge on any atom is -0.281 e. The van der Waals surface area contributed by atoms with Crippen LogP contribution in [0.1, 0.15) is 71.1 Å². The highest BCUT2D eigenvalue weighted by Gasteiger charge is 1.96. The number of rotatable bonds is 13. The summed E-state index contributed by atoms with van der Waals surface area (Å²) in [5.41, 5.74) is 0. The third-order valence-corrected chi connectivity index (χ3v) is 4.04. The molecule has 0 heterocycles. The molecule has 0 rings (SSSR count).